The van der Waals surface area contributed by atoms with Gasteiger partial charge in [-0.3, -0.25) is 14.8 Å². The van der Waals surface area contributed by atoms with Gasteiger partial charge in [-0.25, -0.2) is 15.3 Å². The highest BCUT2D eigenvalue weighted by Gasteiger charge is 2.23. The van der Waals surface area contributed by atoms with E-state index in [1.165, 1.54) is 12.1 Å². The lowest BCUT2D eigenvalue weighted by Crippen LogP contribution is -2.25. The number of hydroxylamine groups is 1. The third kappa shape index (κ3) is 7.50. The Morgan fingerprint density at radius 1 is 1.08 bits per heavy atom. The molecule has 190 valence electrons. The molecule has 1 aromatic heterocycles. The Bertz CT molecular complexity index is 1210. The number of benzene rings is 2. The van der Waals surface area contributed by atoms with Crippen molar-refractivity contribution in [1.82, 2.24) is 15.0 Å². The zero-order valence-corrected chi connectivity index (χ0v) is 20.9. The number of halogens is 1. The molecule has 0 aliphatic heterocycles. The third-order valence-corrected chi connectivity index (χ3v) is 6.24. The second-order valence-corrected chi connectivity index (χ2v) is 9.25. The second kappa shape index (κ2) is 13.0. The summed E-state index contributed by atoms with van der Waals surface area (Å²) in [6.45, 7) is 2.45. The van der Waals surface area contributed by atoms with Gasteiger partial charge < -0.3 is 9.67 Å². The van der Waals surface area contributed by atoms with Crippen LogP contribution in [0.5, 0.6) is 0 Å². The predicted molar refractivity (Wildman–Crippen MR) is 135 cm³/mol. The molecule has 0 bridgehead atoms. The van der Waals surface area contributed by atoms with Crippen molar-refractivity contribution in [3.05, 3.63) is 88.0 Å². The summed E-state index contributed by atoms with van der Waals surface area (Å²) in [6, 6.07) is 13.8. The first kappa shape index (κ1) is 27.1. The van der Waals surface area contributed by atoms with E-state index in [-0.39, 0.29) is 30.1 Å². The third-order valence-electron chi connectivity index (χ3n) is 6.01. The van der Waals surface area contributed by atoms with Crippen molar-refractivity contribution >= 4 is 29.3 Å². The largest absolute Gasteiger partial charge is 0.478 e. The molecule has 0 aliphatic rings. The number of Topliss-reactive ketones (excluding diaryl/α,β-unsaturated/α-hetero) is 1. The van der Waals surface area contributed by atoms with Crippen LogP contribution in [0.2, 0.25) is 5.02 Å². The number of nitrogens with zero attached hydrogens (tertiary/aromatic N) is 2. The molecule has 3 aromatic rings. The summed E-state index contributed by atoms with van der Waals surface area (Å²) in [6.07, 6.45) is 4.65. The summed E-state index contributed by atoms with van der Waals surface area (Å²) in [5.41, 5.74) is 4.02. The van der Waals surface area contributed by atoms with Crippen LogP contribution in [0.3, 0.4) is 0 Å². The van der Waals surface area contributed by atoms with E-state index in [9.17, 15) is 14.4 Å². The molecule has 9 heteroatoms. The number of amides is 1. The maximum absolute atomic E-state index is 13.5. The average molecular weight is 512 g/mol. The van der Waals surface area contributed by atoms with Gasteiger partial charge in [-0.05, 0) is 54.2 Å². The number of carbonyl (C=O) groups is 3. The Morgan fingerprint density at radius 3 is 2.47 bits per heavy atom. The molecule has 8 nitrogen and oxygen atoms in total. The van der Waals surface area contributed by atoms with Crippen LogP contribution in [0.1, 0.15) is 70.4 Å². The second-order valence-electron chi connectivity index (χ2n) is 8.82. The SMILES string of the molecule is CCCCc1ncc(C(=O)C[C@@H](CC(=O)NO)Cc2cccc(Cl)c2)n1Cc1ccc(C(=O)O)cc1. The van der Waals surface area contributed by atoms with E-state index in [2.05, 4.69) is 11.9 Å². The zero-order chi connectivity index (χ0) is 26.1. The van der Waals surface area contributed by atoms with E-state index >= 15 is 0 Å². The van der Waals surface area contributed by atoms with Gasteiger partial charge in [-0.2, -0.15) is 0 Å². The van der Waals surface area contributed by atoms with Crippen molar-refractivity contribution in [2.45, 2.75) is 52.0 Å². The molecule has 0 saturated heterocycles. The van der Waals surface area contributed by atoms with Crippen LogP contribution in [-0.2, 0) is 24.2 Å². The maximum Gasteiger partial charge on any atom is 0.335 e. The van der Waals surface area contributed by atoms with Crippen molar-refractivity contribution in [2.24, 2.45) is 5.92 Å². The number of carboxylic acids is 1. The molecular formula is C27H30ClN3O5. The fourth-order valence-corrected chi connectivity index (χ4v) is 4.38. The minimum atomic E-state index is -0.999. The number of hydrogen-bond donors (Lipinski definition) is 3. The molecule has 0 spiro atoms. The van der Waals surface area contributed by atoms with Crippen LogP contribution in [-0.4, -0.2) is 37.5 Å². The first-order chi connectivity index (χ1) is 17.3. The Balaban J connectivity index is 1.86. The molecule has 0 radical (unpaired) electrons. The molecule has 3 rings (SSSR count). The highest BCUT2D eigenvalue weighted by Crippen LogP contribution is 2.23. The van der Waals surface area contributed by atoms with E-state index in [1.807, 2.05) is 16.7 Å². The van der Waals surface area contributed by atoms with Crippen molar-refractivity contribution in [1.29, 1.82) is 0 Å². The smallest absolute Gasteiger partial charge is 0.335 e. The number of aromatic carboxylic acids is 1. The monoisotopic (exact) mass is 511 g/mol. The number of carboxylic acid groups (broad SMARTS) is 1. The number of nitrogens with one attached hydrogen (secondary N) is 1. The number of rotatable bonds is 13. The van der Waals surface area contributed by atoms with Crippen molar-refractivity contribution in [2.75, 3.05) is 0 Å². The fraction of sp³-hybridized carbons (Fsp3) is 0.333. The van der Waals surface area contributed by atoms with Crippen molar-refractivity contribution in [3.8, 4) is 0 Å². The number of hydrogen-bond acceptors (Lipinski definition) is 5. The van der Waals surface area contributed by atoms with Gasteiger partial charge in [-0.1, -0.05) is 49.2 Å². The number of ketones is 1. The van der Waals surface area contributed by atoms with E-state index in [0.29, 0.717) is 30.1 Å². The Morgan fingerprint density at radius 2 is 1.83 bits per heavy atom. The summed E-state index contributed by atoms with van der Waals surface area (Å²) >= 11 is 6.10. The lowest BCUT2D eigenvalue weighted by Gasteiger charge is -2.17. The van der Waals surface area contributed by atoms with Crippen molar-refractivity contribution < 1.29 is 24.7 Å². The minimum absolute atomic E-state index is 0.0256. The normalized spacial score (nSPS) is 11.8. The summed E-state index contributed by atoms with van der Waals surface area (Å²) in [4.78, 5) is 41.1. The zero-order valence-electron chi connectivity index (χ0n) is 20.1. The molecule has 1 heterocycles. The summed E-state index contributed by atoms with van der Waals surface area (Å²) in [5, 5.41) is 18.8. The quantitative estimate of drug-likeness (QED) is 0.169. The Hall–Kier alpha value is -3.49. The van der Waals surface area contributed by atoms with Crippen molar-refractivity contribution in [3.63, 3.8) is 0 Å². The number of unbranched alkanes of at least 4 members (excludes halogenated alkanes) is 1. The van der Waals surface area contributed by atoms with Gasteiger partial charge in [-0.15, -0.1) is 0 Å². The van der Waals surface area contributed by atoms with Crippen LogP contribution in [0, 0.1) is 5.92 Å². The summed E-state index contributed by atoms with van der Waals surface area (Å²) in [5.74, 6) is -1.31. The molecule has 1 atom stereocenters. The molecule has 0 aliphatic carbocycles. The average Bonchev–Trinajstić information content (AvgIpc) is 3.25. The van der Waals surface area contributed by atoms with Crippen LogP contribution >= 0.6 is 11.6 Å². The van der Waals surface area contributed by atoms with E-state index in [4.69, 9.17) is 21.9 Å². The van der Waals surface area contributed by atoms with Gasteiger partial charge in [0.15, 0.2) is 5.78 Å². The predicted octanol–water partition coefficient (Wildman–Crippen LogP) is 4.95. The molecule has 3 N–H and O–H groups in total. The molecule has 1 amide bonds. The molecular weight excluding hydrogens is 482 g/mol. The number of aromatic nitrogens is 2. The molecule has 0 saturated carbocycles. The topological polar surface area (TPSA) is 122 Å². The number of carbonyl (C=O) groups excluding carboxylic acids is 2. The van der Waals surface area contributed by atoms with Crippen LogP contribution in [0.25, 0.3) is 0 Å². The lowest BCUT2D eigenvalue weighted by atomic mass is 9.90. The van der Waals surface area contributed by atoms with Crippen LogP contribution < -0.4 is 5.48 Å². The highest BCUT2D eigenvalue weighted by molar-refractivity contribution is 6.30. The number of imidazole rings is 1. The van der Waals surface area contributed by atoms with Crippen LogP contribution in [0.4, 0.5) is 0 Å². The first-order valence-electron chi connectivity index (χ1n) is 11.9. The maximum atomic E-state index is 13.5. The highest BCUT2D eigenvalue weighted by atomic mass is 35.5. The number of aryl methyl sites for hydroxylation is 1. The van der Waals surface area contributed by atoms with E-state index in [1.54, 1.807) is 35.9 Å². The van der Waals surface area contributed by atoms with Gasteiger partial charge in [0.25, 0.3) is 0 Å². The Labute approximate surface area is 214 Å². The van der Waals surface area contributed by atoms with Gasteiger partial charge in [0.05, 0.1) is 11.8 Å². The van der Waals surface area contributed by atoms with E-state index < -0.39 is 11.9 Å². The summed E-state index contributed by atoms with van der Waals surface area (Å²) in [7, 11) is 0. The molecule has 36 heavy (non-hydrogen) atoms. The van der Waals surface area contributed by atoms with Gasteiger partial charge in [0.1, 0.15) is 11.5 Å². The minimum Gasteiger partial charge on any atom is -0.478 e. The summed E-state index contributed by atoms with van der Waals surface area (Å²) < 4.78 is 1.87. The Kier molecular flexibility index (Phi) is 9.78. The first-order valence-corrected chi connectivity index (χ1v) is 12.3. The molecule has 0 unspecified atom stereocenters. The molecule has 2 aromatic carbocycles. The standard InChI is InChI=1S/C27H30ClN3O5/c1-2-3-7-25-29-16-23(31(25)17-18-8-10-21(11-9-18)27(34)35)24(32)14-20(15-26(33)30-36)12-19-5-4-6-22(28)13-19/h4-6,8-11,13,16,20,36H,2-3,7,12,14-15,17H2,1H3,(H,30,33)(H,34,35)/t20-/m0/s1. The lowest BCUT2D eigenvalue weighted by molar-refractivity contribution is -0.130. The fourth-order valence-electron chi connectivity index (χ4n) is 4.17. The van der Waals surface area contributed by atoms with Gasteiger partial charge in [0, 0.05) is 30.8 Å². The molecule has 0 fully saturated rings. The van der Waals surface area contributed by atoms with Gasteiger partial charge >= 0.3 is 5.97 Å². The van der Waals surface area contributed by atoms with Crippen LogP contribution in [0.15, 0.2) is 54.7 Å². The van der Waals surface area contributed by atoms with Gasteiger partial charge in [0.2, 0.25) is 5.91 Å². The van der Waals surface area contributed by atoms with E-state index in [0.717, 1.165) is 29.8 Å².